The Balaban J connectivity index is 2.16. The van der Waals surface area contributed by atoms with Crippen molar-refractivity contribution in [1.82, 2.24) is 4.98 Å². The second kappa shape index (κ2) is 6.17. The number of esters is 1. The zero-order valence-electron chi connectivity index (χ0n) is 11.2. The van der Waals surface area contributed by atoms with Crippen molar-refractivity contribution >= 4 is 17.5 Å². The first-order chi connectivity index (χ1) is 10.0. The fraction of sp³-hybridized carbons (Fsp3) is 0.143. The normalized spacial score (nSPS) is 10.2. The first-order valence-electron chi connectivity index (χ1n) is 6.03. The molecule has 2 aromatic rings. The fourth-order valence-electron chi connectivity index (χ4n) is 1.74. The lowest BCUT2D eigenvalue weighted by Gasteiger charge is -2.11. The minimum atomic E-state index is -0.932. The minimum absolute atomic E-state index is 0.131. The Bertz CT molecular complexity index is 677. The maximum atomic E-state index is 13.1. The molecule has 110 valence electrons. The van der Waals surface area contributed by atoms with Gasteiger partial charge in [0, 0.05) is 12.7 Å². The average molecular weight is 293 g/mol. The van der Waals surface area contributed by atoms with Gasteiger partial charge in [-0.1, -0.05) is 6.07 Å². The molecule has 0 atom stereocenters. The first kappa shape index (κ1) is 14.7. The van der Waals surface area contributed by atoms with Crippen molar-refractivity contribution < 1.29 is 18.3 Å². The van der Waals surface area contributed by atoms with Gasteiger partial charge < -0.3 is 15.8 Å². The zero-order valence-corrected chi connectivity index (χ0v) is 11.2. The van der Waals surface area contributed by atoms with E-state index in [1.807, 2.05) is 0 Å². The van der Waals surface area contributed by atoms with Gasteiger partial charge in [0.2, 0.25) is 0 Å². The van der Waals surface area contributed by atoms with E-state index in [1.165, 1.54) is 25.4 Å². The van der Waals surface area contributed by atoms with Gasteiger partial charge in [-0.2, -0.15) is 0 Å². The summed E-state index contributed by atoms with van der Waals surface area (Å²) in [7, 11) is 1.25. The Morgan fingerprint density at radius 3 is 2.76 bits per heavy atom. The van der Waals surface area contributed by atoms with Crippen LogP contribution >= 0.6 is 0 Å². The zero-order chi connectivity index (χ0) is 15.4. The van der Waals surface area contributed by atoms with E-state index in [2.05, 4.69) is 15.0 Å². The Morgan fingerprint density at radius 2 is 2.10 bits per heavy atom. The molecule has 0 aliphatic carbocycles. The molecule has 2 rings (SSSR count). The van der Waals surface area contributed by atoms with Gasteiger partial charge in [0.25, 0.3) is 0 Å². The van der Waals surface area contributed by atoms with E-state index in [1.54, 1.807) is 0 Å². The molecule has 3 N–H and O–H groups in total. The molecule has 0 fully saturated rings. The lowest BCUT2D eigenvalue weighted by molar-refractivity contribution is 0.0602. The van der Waals surface area contributed by atoms with E-state index in [4.69, 9.17) is 5.73 Å². The molecule has 0 amide bonds. The van der Waals surface area contributed by atoms with Crippen molar-refractivity contribution in [2.45, 2.75) is 6.54 Å². The number of carbonyl (C=O) groups is 1. The Labute approximate surface area is 119 Å². The third kappa shape index (κ3) is 3.25. The molecular formula is C14H13F2N3O2. The van der Waals surface area contributed by atoms with Crippen molar-refractivity contribution in [1.29, 1.82) is 0 Å². The fourth-order valence-corrected chi connectivity index (χ4v) is 1.74. The van der Waals surface area contributed by atoms with Crippen LogP contribution in [-0.4, -0.2) is 18.1 Å². The summed E-state index contributed by atoms with van der Waals surface area (Å²) < 4.78 is 30.5. The van der Waals surface area contributed by atoms with Gasteiger partial charge >= 0.3 is 5.97 Å². The third-order valence-electron chi connectivity index (χ3n) is 2.84. The predicted octanol–water partition coefficient (Wildman–Crippen LogP) is 2.34. The number of halogens is 2. The minimum Gasteiger partial charge on any atom is -0.465 e. The van der Waals surface area contributed by atoms with Crippen molar-refractivity contribution in [3.05, 3.63) is 53.2 Å². The molecule has 0 bridgehead atoms. The van der Waals surface area contributed by atoms with E-state index < -0.39 is 17.6 Å². The van der Waals surface area contributed by atoms with Gasteiger partial charge in [-0.3, -0.25) is 0 Å². The molecule has 21 heavy (non-hydrogen) atoms. The summed E-state index contributed by atoms with van der Waals surface area (Å²) in [6.07, 6.45) is 1.40. The lowest BCUT2D eigenvalue weighted by Crippen LogP contribution is -2.10. The molecule has 0 saturated carbocycles. The summed E-state index contributed by atoms with van der Waals surface area (Å²) in [5.41, 5.74) is 6.64. The highest BCUT2D eigenvalue weighted by Gasteiger charge is 2.13. The summed E-state index contributed by atoms with van der Waals surface area (Å²) in [6, 6.07) is 4.98. The average Bonchev–Trinajstić information content (AvgIpc) is 2.49. The van der Waals surface area contributed by atoms with E-state index in [-0.39, 0.29) is 23.6 Å². The Hall–Kier alpha value is -2.70. The number of rotatable bonds is 4. The molecule has 0 saturated heterocycles. The molecule has 0 spiro atoms. The van der Waals surface area contributed by atoms with E-state index in [9.17, 15) is 13.6 Å². The van der Waals surface area contributed by atoms with Gasteiger partial charge in [-0.15, -0.1) is 0 Å². The first-order valence-corrected chi connectivity index (χ1v) is 6.03. The quantitative estimate of drug-likeness (QED) is 0.846. The highest BCUT2D eigenvalue weighted by atomic mass is 19.2. The van der Waals surface area contributed by atoms with Crippen LogP contribution in [0.3, 0.4) is 0 Å². The number of hydrogen-bond acceptors (Lipinski definition) is 5. The molecule has 1 aromatic carbocycles. The van der Waals surface area contributed by atoms with Crippen LogP contribution in [0.15, 0.2) is 30.5 Å². The number of nitrogen functional groups attached to an aromatic ring is 1. The van der Waals surface area contributed by atoms with Gasteiger partial charge in [0.1, 0.15) is 5.82 Å². The maximum Gasteiger partial charge on any atom is 0.340 e. The Morgan fingerprint density at radius 1 is 1.33 bits per heavy atom. The van der Waals surface area contributed by atoms with Crippen LogP contribution in [-0.2, 0) is 11.3 Å². The van der Waals surface area contributed by atoms with Crippen molar-refractivity contribution in [3.63, 3.8) is 0 Å². The van der Waals surface area contributed by atoms with Crippen LogP contribution in [0.1, 0.15) is 15.9 Å². The number of benzene rings is 1. The predicted molar refractivity (Wildman–Crippen MR) is 73.7 cm³/mol. The Kier molecular flexibility index (Phi) is 4.32. The number of ether oxygens (including phenoxy) is 1. The number of nitrogens with one attached hydrogen (secondary N) is 1. The molecule has 7 heteroatoms. The number of aromatic nitrogens is 1. The van der Waals surface area contributed by atoms with Crippen molar-refractivity contribution in [2.24, 2.45) is 0 Å². The van der Waals surface area contributed by atoms with Crippen LogP contribution < -0.4 is 11.1 Å². The topological polar surface area (TPSA) is 77.2 Å². The van der Waals surface area contributed by atoms with Crippen molar-refractivity contribution in [3.8, 4) is 0 Å². The second-order valence-corrected chi connectivity index (χ2v) is 4.21. The van der Waals surface area contributed by atoms with Gasteiger partial charge in [-0.05, 0) is 23.8 Å². The summed E-state index contributed by atoms with van der Waals surface area (Å²) in [6.45, 7) is 0.180. The number of pyridine rings is 1. The third-order valence-corrected chi connectivity index (χ3v) is 2.84. The summed E-state index contributed by atoms with van der Waals surface area (Å²) in [5.74, 6) is -2.16. The van der Waals surface area contributed by atoms with E-state index >= 15 is 0 Å². The second-order valence-electron chi connectivity index (χ2n) is 4.21. The number of hydrogen-bond donors (Lipinski definition) is 2. The van der Waals surface area contributed by atoms with Crippen LogP contribution in [0, 0.1) is 11.6 Å². The molecule has 5 nitrogen and oxygen atoms in total. The highest BCUT2D eigenvalue weighted by Crippen LogP contribution is 2.21. The number of carbonyl (C=O) groups excluding carboxylic acids is 1. The summed E-state index contributed by atoms with van der Waals surface area (Å²) >= 11 is 0. The standard InChI is InChI=1S/C14H13F2N3O2/c1-21-14(20)9-4-5-18-13(12(9)17)19-7-8-2-3-10(15)11(16)6-8/h2-6H,7,17H2,1H3,(H,18,19). The van der Waals surface area contributed by atoms with Crippen LogP contribution in [0.4, 0.5) is 20.3 Å². The number of anilines is 2. The molecule has 1 heterocycles. The molecule has 0 radical (unpaired) electrons. The summed E-state index contributed by atoms with van der Waals surface area (Å²) in [4.78, 5) is 15.5. The molecule has 1 aromatic heterocycles. The van der Waals surface area contributed by atoms with Crippen LogP contribution in [0.25, 0.3) is 0 Å². The smallest absolute Gasteiger partial charge is 0.340 e. The van der Waals surface area contributed by atoms with E-state index in [0.29, 0.717) is 5.56 Å². The number of methoxy groups -OCH3 is 1. The molecular weight excluding hydrogens is 280 g/mol. The van der Waals surface area contributed by atoms with Gasteiger partial charge in [-0.25, -0.2) is 18.6 Å². The van der Waals surface area contributed by atoms with Crippen molar-refractivity contribution in [2.75, 3.05) is 18.2 Å². The SMILES string of the molecule is COC(=O)c1ccnc(NCc2ccc(F)c(F)c2)c1N. The van der Waals surface area contributed by atoms with Crippen LogP contribution in [0.2, 0.25) is 0 Å². The van der Waals surface area contributed by atoms with Crippen LogP contribution in [0.5, 0.6) is 0 Å². The van der Waals surface area contributed by atoms with E-state index in [0.717, 1.165) is 12.1 Å². The maximum absolute atomic E-state index is 13.1. The largest absolute Gasteiger partial charge is 0.465 e. The van der Waals surface area contributed by atoms with Gasteiger partial charge in [0.15, 0.2) is 11.6 Å². The monoisotopic (exact) mass is 293 g/mol. The van der Waals surface area contributed by atoms with Gasteiger partial charge in [0.05, 0.1) is 18.4 Å². The highest BCUT2D eigenvalue weighted by molar-refractivity contribution is 5.97. The lowest BCUT2D eigenvalue weighted by atomic mass is 10.2. The summed E-state index contributed by atoms with van der Waals surface area (Å²) in [5, 5.41) is 2.86. The molecule has 0 unspecified atom stereocenters. The molecule has 0 aliphatic heterocycles. The molecule has 0 aliphatic rings. The number of nitrogens with two attached hydrogens (primary N) is 1. The number of nitrogens with zero attached hydrogens (tertiary/aromatic N) is 1.